The quantitative estimate of drug-likeness (QED) is 0.871. The Hall–Kier alpha value is -0.440. The average Bonchev–Trinajstić information content (AvgIpc) is 2.11. The maximum absolute atomic E-state index is 9.24. The molecule has 0 aliphatic rings. The first kappa shape index (κ1) is 11.6. The predicted octanol–water partition coefficient (Wildman–Crippen LogP) is 3.14. The van der Waals surface area contributed by atoms with Crippen LogP contribution in [0, 0.1) is 0 Å². The van der Waals surface area contributed by atoms with Crippen LogP contribution in [0.4, 0.5) is 0 Å². The van der Waals surface area contributed by atoms with Crippen molar-refractivity contribution in [2.24, 2.45) is 0 Å². The summed E-state index contributed by atoms with van der Waals surface area (Å²) in [6.45, 7) is 3.42. The molecule has 0 aromatic heterocycles. The molecule has 14 heavy (non-hydrogen) atoms. The SMILES string of the molecule is CC(O)C(C)Oc1cc(Cl)ccc1Cl. The molecule has 0 aliphatic carbocycles. The van der Waals surface area contributed by atoms with Gasteiger partial charge in [-0.2, -0.15) is 0 Å². The van der Waals surface area contributed by atoms with Gasteiger partial charge in [-0.25, -0.2) is 0 Å². The highest BCUT2D eigenvalue weighted by atomic mass is 35.5. The van der Waals surface area contributed by atoms with E-state index in [1.54, 1.807) is 32.0 Å². The summed E-state index contributed by atoms with van der Waals surface area (Å²) in [5, 5.41) is 10.3. The summed E-state index contributed by atoms with van der Waals surface area (Å²) in [7, 11) is 0. The predicted molar refractivity (Wildman–Crippen MR) is 58.2 cm³/mol. The molecular formula is C10H12Cl2O2. The number of hydrogen-bond acceptors (Lipinski definition) is 2. The van der Waals surface area contributed by atoms with Gasteiger partial charge in [0.2, 0.25) is 0 Å². The first-order chi connectivity index (χ1) is 6.50. The molecular weight excluding hydrogens is 223 g/mol. The zero-order valence-corrected chi connectivity index (χ0v) is 9.51. The van der Waals surface area contributed by atoms with Crippen molar-refractivity contribution >= 4 is 23.2 Å². The van der Waals surface area contributed by atoms with Gasteiger partial charge in [-0.1, -0.05) is 23.2 Å². The van der Waals surface area contributed by atoms with Crippen LogP contribution >= 0.6 is 23.2 Å². The second kappa shape index (κ2) is 4.87. The molecule has 0 heterocycles. The topological polar surface area (TPSA) is 29.5 Å². The van der Waals surface area contributed by atoms with Gasteiger partial charge in [0.15, 0.2) is 0 Å². The van der Waals surface area contributed by atoms with Crippen molar-refractivity contribution in [3.05, 3.63) is 28.2 Å². The summed E-state index contributed by atoms with van der Waals surface area (Å²) in [5.41, 5.74) is 0. The van der Waals surface area contributed by atoms with Gasteiger partial charge in [-0.3, -0.25) is 0 Å². The summed E-state index contributed by atoms with van der Waals surface area (Å²) in [6.07, 6.45) is -0.865. The van der Waals surface area contributed by atoms with Crippen molar-refractivity contribution in [2.75, 3.05) is 0 Å². The molecule has 2 nitrogen and oxygen atoms in total. The third kappa shape index (κ3) is 3.05. The van der Waals surface area contributed by atoms with E-state index in [0.717, 1.165) is 0 Å². The minimum Gasteiger partial charge on any atom is -0.486 e. The van der Waals surface area contributed by atoms with Crippen LogP contribution < -0.4 is 4.74 Å². The number of halogens is 2. The van der Waals surface area contributed by atoms with E-state index in [-0.39, 0.29) is 6.10 Å². The second-order valence-corrected chi connectivity index (χ2v) is 3.98. The largest absolute Gasteiger partial charge is 0.486 e. The molecule has 0 bridgehead atoms. The highest BCUT2D eigenvalue weighted by Crippen LogP contribution is 2.28. The van der Waals surface area contributed by atoms with Gasteiger partial charge in [0.1, 0.15) is 11.9 Å². The highest BCUT2D eigenvalue weighted by Gasteiger charge is 2.12. The summed E-state index contributed by atoms with van der Waals surface area (Å²) in [4.78, 5) is 0. The number of aliphatic hydroxyl groups excluding tert-OH is 1. The van der Waals surface area contributed by atoms with Crippen LogP contribution in [0.3, 0.4) is 0 Å². The van der Waals surface area contributed by atoms with Crippen molar-refractivity contribution in [1.82, 2.24) is 0 Å². The van der Waals surface area contributed by atoms with E-state index >= 15 is 0 Å². The normalized spacial score (nSPS) is 14.9. The van der Waals surface area contributed by atoms with E-state index in [1.165, 1.54) is 0 Å². The Bertz CT molecular complexity index is 313. The van der Waals surface area contributed by atoms with E-state index in [4.69, 9.17) is 27.9 Å². The lowest BCUT2D eigenvalue weighted by Crippen LogP contribution is -2.25. The standard InChI is InChI=1S/C10H12Cl2O2/c1-6(13)7(2)14-10-5-8(11)3-4-9(10)12/h3-7,13H,1-2H3. The number of benzene rings is 1. The first-order valence-corrected chi connectivity index (χ1v) is 5.06. The molecule has 1 N–H and O–H groups in total. The van der Waals surface area contributed by atoms with Gasteiger partial charge in [0, 0.05) is 11.1 Å². The van der Waals surface area contributed by atoms with Crippen LogP contribution in [-0.2, 0) is 0 Å². The summed E-state index contributed by atoms with van der Waals surface area (Å²) in [5.74, 6) is 0.493. The van der Waals surface area contributed by atoms with Gasteiger partial charge >= 0.3 is 0 Å². The highest BCUT2D eigenvalue weighted by molar-refractivity contribution is 6.34. The maximum Gasteiger partial charge on any atom is 0.139 e. The van der Waals surface area contributed by atoms with Crippen molar-refractivity contribution in [3.63, 3.8) is 0 Å². The van der Waals surface area contributed by atoms with Gasteiger partial charge in [-0.05, 0) is 26.0 Å². The van der Waals surface area contributed by atoms with Gasteiger partial charge in [-0.15, -0.1) is 0 Å². The molecule has 0 fully saturated rings. The van der Waals surface area contributed by atoms with Crippen molar-refractivity contribution in [2.45, 2.75) is 26.1 Å². The van der Waals surface area contributed by atoms with Gasteiger partial charge in [0.05, 0.1) is 11.1 Å². The molecule has 0 aliphatic heterocycles. The summed E-state index contributed by atoms with van der Waals surface area (Å²) < 4.78 is 5.42. The van der Waals surface area contributed by atoms with Gasteiger partial charge in [0.25, 0.3) is 0 Å². The fourth-order valence-corrected chi connectivity index (χ4v) is 1.19. The Morgan fingerprint density at radius 3 is 2.50 bits per heavy atom. The molecule has 0 spiro atoms. The van der Waals surface area contributed by atoms with E-state index in [9.17, 15) is 5.11 Å². The molecule has 0 radical (unpaired) electrons. The van der Waals surface area contributed by atoms with Crippen molar-refractivity contribution < 1.29 is 9.84 Å². The molecule has 1 rings (SSSR count). The smallest absolute Gasteiger partial charge is 0.139 e. The fourth-order valence-electron chi connectivity index (χ4n) is 0.866. The van der Waals surface area contributed by atoms with Crippen molar-refractivity contribution in [3.8, 4) is 5.75 Å². The molecule has 0 saturated heterocycles. The lowest BCUT2D eigenvalue weighted by Gasteiger charge is -2.18. The van der Waals surface area contributed by atoms with E-state index in [1.807, 2.05) is 0 Å². The van der Waals surface area contributed by atoms with Crippen LogP contribution in [-0.4, -0.2) is 17.3 Å². The number of aliphatic hydroxyl groups is 1. The third-order valence-electron chi connectivity index (χ3n) is 1.89. The Morgan fingerprint density at radius 2 is 1.93 bits per heavy atom. The molecule has 1 aromatic carbocycles. The fraction of sp³-hybridized carbons (Fsp3) is 0.400. The molecule has 2 unspecified atom stereocenters. The van der Waals surface area contributed by atoms with E-state index in [0.29, 0.717) is 15.8 Å². The molecule has 4 heteroatoms. The number of hydrogen-bond donors (Lipinski definition) is 1. The van der Waals surface area contributed by atoms with Crippen LogP contribution in [0.15, 0.2) is 18.2 Å². The molecule has 0 amide bonds. The zero-order valence-electron chi connectivity index (χ0n) is 8.00. The third-order valence-corrected chi connectivity index (χ3v) is 2.43. The second-order valence-electron chi connectivity index (χ2n) is 3.14. The minimum absolute atomic E-state index is 0.314. The Balaban J connectivity index is 2.80. The number of ether oxygens (including phenoxy) is 1. The van der Waals surface area contributed by atoms with Crippen LogP contribution in [0.1, 0.15) is 13.8 Å². The zero-order chi connectivity index (χ0) is 10.7. The Kier molecular flexibility index (Phi) is 4.05. The maximum atomic E-state index is 9.24. The average molecular weight is 235 g/mol. The van der Waals surface area contributed by atoms with E-state index in [2.05, 4.69) is 0 Å². The molecule has 78 valence electrons. The Labute approximate surface area is 93.4 Å². The molecule has 2 atom stereocenters. The number of rotatable bonds is 3. The minimum atomic E-state index is -0.551. The summed E-state index contributed by atoms with van der Waals surface area (Å²) in [6, 6.07) is 4.97. The lowest BCUT2D eigenvalue weighted by atomic mass is 10.2. The molecule has 0 saturated carbocycles. The lowest BCUT2D eigenvalue weighted by molar-refractivity contribution is 0.0605. The monoisotopic (exact) mass is 234 g/mol. The van der Waals surface area contributed by atoms with E-state index < -0.39 is 6.10 Å². The van der Waals surface area contributed by atoms with Gasteiger partial charge < -0.3 is 9.84 Å². The van der Waals surface area contributed by atoms with Crippen LogP contribution in [0.2, 0.25) is 10.0 Å². The van der Waals surface area contributed by atoms with Crippen LogP contribution in [0.5, 0.6) is 5.75 Å². The van der Waals surface area contributed by atoms with Crippen molar-refractivity contribution in [1.29, 1.82) is 0 Å². The first-order valence-electron chi connectivity index (χ1n) is 4.30. The Morgan fingerprint density at radius 1 is 1.29 bits per heavy atom. The van der Waals surface area contributed by atoms with Crippen LogP contribution in [0.25, 0.3) is 0 Å². The summed E-state index contributed by atoms with van der Waals surface area (Å²) >= 11 is 11.7. The molecule has 1 aromatic rings.